The lowest BCUT2D eigenvalue weighted by atomic mass is 10.0. The second kappa shape index (κ2) is 8.94. The molecule has 0 saturated carbocycles. The number of hydrogen-bond donors (Lipinski definition) is 1. The van der Waals surface area contributed by atoms with Crippen molar-refractivity contribution in [2.75, 3.05) is 16.8 Å². The van der Waals surface area contributed by atoms with Crippen molar-refractivity contribution in [3.05, 3.63) is 94.2 Å². The first-order chi connectivity index (χ1) is 15.8. The van der Waals surface area contributed by atoms with E-state index in [1.54, 1.807) is 0 Å². The Balaban J connectivity index is 1.84. The number of nitrogens with one attached hydrogen (secondary N) is 1. The fourth-order valence-corrected chi connectivity index (χ4v) is 4.12. The molecule has 0 aromatic heterocycles. The van der Waals surface area contributed by atoms with Gasteiger partial charge in [-0.2, -0.15) is 0 Å². The molecule has 0 fully saturated rings. The number of amides is 2. The van der Waals surface area contributed by atoms with Crippen LogP contribution in [0.1, 0.15) is 34.7 Å². The van der Waals surface area contributed by atoms with E-state index in [9.17, 15) is 9.59 Å². The van der Waals surface area contributed by atoms with Gasteiger partial charge in [-0.15, -0.1) is 0 Å². The van der Waals surface area contributed by atoms with E-state index >= 15 is 0 Å². The average molecular weight is 441 g/mol. The van der Waals surface area contributed by atoms with Crippen LogP contribution in [0, 0.1) is 27.7 Å². The molecular formula is C28H28N2O3. The molecule has 0 bridgehead atoms. The molecule has 1 aliphatic rings. The van der Waals surface area contributed by atoms with Gasteiger partial charge in [-0.3, -0.25) is 9.59 Å². The van der Waals surface area contributed by atoms with E-state index in [0.717, 1.165) is 27.9 Å². The van der Waals surface area contributed by atoms with E-state index in [1.165, 1.54) is 4.90 Å². The highest BCUT2D eigenvalue weighted by molar-refractivity contribution is 6.46. The van der Waals surface area contributed by atoms with Gasteiger partial charge >= 0.3 is 0 Å². The summed E-state index contributed by atoms with van der Waals surface area (Å²) in [5.41, 5.74) is 6.70. The summed E-state index contributed by atoms with van der Waals surface area (Å²) in [6.45, 7) is 10.4. The van der Waals surface area contributed by atoms with Crippen molar-refractivity contribution in [3.8, 4) is 5.75 Å². The third kappa shape index (κ3) is 4.40. The Morgan fingerprint density at radius 2 is 1.45 bits per heavy atom. The molecule has 0 spiro atoms. The van der Waals surface area contributed by atoms with Crippen LogP contribution in [-0.2, 0) is 9.59 Å². The number of carbonyl (C=O) groups is 2. The van der Waals surface area contributed by atoms with E-state index in [0.29, 0.717) is 29.2 Å². The maximum Gasteiger partial charge on any atom is 0.282 e. The molecule has 2 amide bonds. The summed E-state index contributed by atoms with van der Waals surface area (Å²) in [6.07, 6.45) is 0. The zero-order valence-corrected chi connectivity index (χ0v) is 19.7. The lowest BCUT2D eigenvalue weighted by Gasteiger charge is -2.17. The second-order valence-electron chi connectivity index (χ2n) is 8.44. The number of nitrogens with zero attached hydrogens (tertiary/aromatic N) is 1. The molecule has 1 heterocycles. The number of carbonyl (C=O) groups excluding carboxylic acids is 2. The topological polar surface area (TPSA) is 58.6 Å². The van der Waals surface area contributed by atoms with Crippen molar-refractivity contribution in [1.29, 1.82) is 0 Å². The maximum atomic E-state index is 13.7. The second-order valence-corrected chi connectivity index (χ2v) is 8.44. The highest BCUT2D eigenvalue weighted by atomic mass is 16.5. The number of rotatable bonds is 6. The molecule has 0 atom stereocenters. The van der Waals surface area contributed by atoms with Crippen molar-refractivity contribution in [3.63, 3.8) is 0 Å². The summed E-state index contributed by atoms with van der Waals surface area (Å²) in [7, 11) is 0. The van der Waals surface area contributed by atoms with Gasteiger partial charge in [-0.25, -0.2) is 4.90 Å². The van der Waals surface area contributed by atoms with E-state index < -0.39 is 0 Å². The quantitative estimate of drug-likeness (QED) is 0.499. The predicted molar refractivity (Wildman–Crippen MR) is 132 cm³/mol. The molecule has 5 nitrogen and oxygen atoms in total. The van der Waals surface area contributed by atoms with E-state index in [-0.39, 0.29) is 17.5 Å². The Kier molecular flexibility index (Phi) is 6.05. The molecule has 4 rings (SSSR count). The maximum absolute atomic E-state index is 13.7. The standard InChI is InChI=1S/C28H28N2O3/c1-6-33-23-11-9-21(10-12-23)25-26(29-24-16-17(2)7-8-20(24)5)28(32)30(27(25)31)22-14-18(3)13-19(4)15-22/h7-16,29H,6H2,1-5H3. The Labute approximate surface area is 194 Å². The van der Waals surface area contributed by atoms with Crippen LogP contribution >= 0.6 is 0 Å². The third-order valence-electron chi connectivity index (χ3n) is 5.66. The van der Waals surface area contributed by atoms with Crippen LogP contribution in [0.3, 0.4) is 0 Å². The largest absolute Gasteiger partial charge is 0.494 e. The highest BCUT2D eigenvalue weighted by Crippen LogP contribution is 2.35. The van der Waals surface area contributed by atoms with Crippen molar-refractivity contribution in [2.45, 2.75) is 34.6 Å². The van der Waals surface area contributed by atoms with Gasteiger partial charge in [0.2, 0.25) is 0 Å². The average Bonchev–Trinajstić information content (AvgIpc) is 3.00. The fourth-order valence-electron chi connectivity index (χ4n) is 4.12. The Bertz CT molecular complexity index is 1250. The van der Waals surface area contributed by atoms with Gasteiger partial charge in [0.25, 0.3) is 11.8 Å². The molecule has 33 heavy (non-hydrogen) atoms. The SMILES string of the molecule is CCOc1ccc(C2=C(Nc3cc(C)ccc3C)C(=O)N(c3cc(C)cc(C)c3)C2=O)cc1. The van der Waals surface area contributed by atoms with E-state index in [1.807, 2.05) is 95.3 Å². The van der Waals surface area contributed by atoms with Gasteiger partial charge in [0, 0.05) is 5.69 Å². The summed E-state index contributed by atoms with van der Waals surface area (Å²) in [5, 5.41) is 3.28. The van der Waals surface area contributed by atoms with Gasteiger partial charge in [-0.05, 0) is 92.8 Å². The molecule has 1 N–H and O–H groups in total. The van der Waals surface area contributed by atoms with Crippen molar-refractivity contribution in [1.82, 2.24) is 0 Å². The number of imide groups is 1. The molecule has 1 aliphatic heterocycles. The summed E-state index contributed by atoms with van der Waals surface area (Å²) < 4.78 is 5.55. The lowest BCUT2D eigenvalue weighted by Crippen LogP contribution is -2.32. The van der Waals surface area contributed by atoms with Gasteiger partial charge in [-0.1, -0.05) is 30.3 Å². The molecular weight excluding hydrogens is 412 g/mol. The van der Waals surface area contributed by atoms with Gasteiger partial charge in [0.05, 0.1) is 17.9 Å². The Morgan fingerprint density at radius 3 is 2.09 bits per heavy atom. The van der Waals surface area contributed by atoms with Crippen LogP contribution in [0.2, 0.25) is 0 Å². The highest BCUT2D eigenvalue weighted by Gasteiger charge is 2.40. The number of hydrogen-bond acceptors (Lipinski definition) is 4. The summed E-state index contributed by atoms with van der Waals surface area (Å²) in [5.74, 6) is 0.00517. The van der Waals surface area contributed by atoms with Gasteiger partial charge in [0.15, 0.2) is 0 Å². The molecule has 0 unspecified atom stereocenters. The van der Waals surface area contributed by atoms with Crippen LogP contribution in [-0.4, -0.2) is 18.4 Å². The molecule has 0 radical (unpaired) electrons. The monoisotopic (exact) mass is 440 g/mol. The first-order valence-electron chi connectivity index (χ1n) is 11.1. The Hall–Kier alpha value is -3.86. The van der Waals surface area contributed by atoms with Gasteiger partial charge < -0.3 is 10.1 Å². The minimum atomic E-state index is -0.366. The number of benzene rings is 3. The van der Waals surface area contributed by atoms with Crippen LogP contribution in [0.5, 0.6) is 5.75 Å². The zero-order chi connectivity index (χ0) is 23.7. The van der Waals surface area contributed by atoms with Crippen molar-refractivity contribution >= 4 is 28.8 Å². The smallest absolute Gasteiger partial charge is 0.282 e. The summed E-state index contributed by atoms with van der Waals surface area (Å²) in [6, 6.07) is 19.0. The van der Waals surface area contributed by atoms with E-state index in [4.69, 9.17) is 4.74 Å². The number of ether oxygens (including phenoxy) is 1. The van der Waals surface area contributed by atoms with Crippen LogP contribution < -0.4 is 15.0 Å². The summed E-state index contributed by atoms with van der Waals surface area (Å²) in [4.78, 5) is 28.6. The minimum absolute atomic E-state index is 0.275. The molecule has 168 valence electrons. The molecule has 0 saturated heterocycles. The normalized spacial score (nSPS) is 13.7. The fraction of sp³-hybridized carbons (Fsp3) is 0.214. The number of aryl methyl sites for hydroxylation is 4. The van der Waals surface area contributed by atoms with Crippen LogP contribution in [0.25, 0.3) is 5.57 Å². The molecule has 3 aromatic rings. The predicted octanol–water partition coefficient (Wildman–Crippen LogP) is 5.72. The molecule has 5 heteroatoms. The van der Waals surface area contributed by atoms with Gasteiger partial charge in [0.1, 0.15) is 11.4 Å². The Morgan fingerprint density at radius 1 is 0.788 bits per heavy atom. The van der Waals surface area contributed by atoms with Crippen molar-refractivity contribution in [2.24, 2.45) is 0 Å². The zero-order valence-electron chi connectivity index (χ0n) is 19.7. The van der Waals surface area contributed by atoms with Crippen molar-refractivity contribution < 1.29 is 14.3 Å². The summed E-state index contributed by atoms with van der Waals surface area (Å²) >= 11 is 0. The molecule has 3 aromatic carbocycles. The van der Waals surface area contributed by atoms with Crippen LogP contribution in [0.15, 0.2) is 66.4 Å². The third-order valence-corrected chi connectivity index (χ3v) is 5.66. The van der Waals surface area contributed by atoms with Crippen LogP contribution in [0.4, 0.5) is 11.4 Å². The number of anilines is 2. The first-order valence-corrected chi connectivity index (χ1v) is 11.1. The molecule has 0 aliphatic carbocycles. The lowest BCUT2D eigenvalue weighted by molar-refractivity contribution is -0.120. The first kappa shape index (κ1) is 22.3. The minimum Gasteiger partial charge on any atom is -0.494 e. The van der Waals surface area contributed by atoms with E-state index in [2.05, 4.69) is 5.32 Å².